The lowest BCUT2D eigenvalue weighted by Crippen LogP contribution is -2.50. The maximum absolute atomic E-state index is 12.5. The van der Waals surface area contributed by atoms with E-state index < -0.39 is 0 Å². The quantitative estimate of drug-likeness (QED) is 0.823. The van der Waals surface area contributed by atoms with Gasteiger partial charge in [0.05, 0.1) is 12.1 Å². The van der Waals surface area contributed by atoms with E-state index in [4.69, 9.17) is 27.9 Å². The van der Waals surface area contributed by atoms with Crippen LogP contribution in [-0.2, 0) is 0 Å². The number of nitrogens with one attached hydrogen (secondary N) is 1. The zero-order valence-corrected chi connectivity index (χ0v) is 16.3. The minimum absolute atomic E-state index is 0.126. The van der Waals surface area contributed by atoms with Gasteiger partial charge in [0, 0.05) is 42.6 Å². The Morgan fingerprint density at radius 1 is 1.08 bits per heavy atom. The van der Waals surface area contributed by atoms with Gasteiger partial charge >= 0.3 is 6.03 Å². The molecule has 0 bridgehead atoms. The number of aryl methyl sites for hydroxylation is 1. The lowest BCUT2D eigenvalue weighted by Gasteiger charge is -2.36. The molecule has 0 atom stereocenters. The van der Waals surface area contributed by atoms with E-state index in [-0.39, 0.29) is 6.03 Å². The summed E-state index contributed by atoms with van der Waals surface area (Å²) in [6.45, 7) is 4.90. The van der Waals surface area contributed by atoms with E-state index in [0.29, 0.717) is 29.5 Å². The van der Waals surface area contributed by atoms with E-state index in [1.165, 1.54) is 0 Å². The molecule has 1 saturated heterocycles. The molecule has 2 amide bonds. The number of ether oxygens (including phenoxy) is 1. The van der Waals surface area contributed by atoms with Gasteiger partial charge in [-0.15, -0.1) is 0 Å². The fourth-order valence-electron chi connectivity index (χ4n) is 3.07. The second-order valence-corrected chi connectivity index (χ2v) is 7.03. The molecule has 1 heterocycles. The van der Waals surface area contributed by atoms with Gasteiger partial charge in [0.15, 0.2) is 0 Å². The van der Waals surface area contributed by atoms with Crippen molar-refractivity contribution in [3.63, 3.8) is 0 Å². The summed E-state index contributed by atoms with van der Waals surface area (Å²) in [6.07, 6.45) is 0. The molecule has 0 saturated carbocycles. The number of nitrogens with zero attached hydrogens (tertiary/aromatic N) is 2. The van der Waals surface area contributed by atoms with Gasteiger partial charge in [-0.2, -0.15) is 0 Å². The maximum atomic E-state index is 12.5. The fourth-order valence-corrected chi connectivity index (χ4v) is 3.56. The van der Waals surface area contributed by atoms with Crippen molar-refractivity contribution in [2.45, 2.75) is 6.92 Å². The molecule has 1 fully saturated rings. The van der Waals surface area contributed by atoms with E-state index in [0.717, 1.165) is 29.4 Å². The Hall–Kier alpha value is -2.11. The average molecular weight is 394 g/mol. The number of benzene rings is 2. The highest BCUT2D eigenvalue weighted by Gasteiger charge is 2.22. The third kappa shape index (κ3) is 4.17. The lowest BCUT2D eigenvalue weighted by molar-refractivity contribution is 0.208. The molecule has 0 aliphatic carbocycles. The smallest absolute Gasteiger partial charge is 0.321 e. The molecule has 0 unspecified atom stereocenters. The molecule has 0 aromatic heterocycles. The first-order chi connectivity index (χ1) is 12.5. The molecule has 2 aromatic carbocycles. The first-order valence-corrected chi connectivity index (χ1v) is 9.14. The normalized spacial score (nSPS) is 14.3. The Balaban J connectivity index is 1.59. The molecule has 26 heavy (non-hydrogen) atoms. The molecule has 0 radical (unpaired) electrons. The van der Waals surface area contributed by atoms with Gasteiger partial charge in [-0.05, 0) is 48.9 Å². The van der Waals surface area contributed by atoms with Crippen LogP contribution in [-0.4, -0.2) is 44.2 Å². The molecular weight excluding hydrogens is 373 g/mol. The van der Waals surface area contributed by atoms with Crippen molar-refractivity contribution in [2.24, 2.45) is 0 Å². The molecule has 3 rings (SSSR count). The SMILES string of the molecule is COc1ccc(NC(=O)N2CCN(c3ccc(Cl)cc3C)CC2)cc1Cl. The van der Waals surface area contributed by atoms with Crippen LogP contribution in [0.5, 0.6) is 5.75 Å². The van der Waals surface area contributed by atoms with Gasteiger partial charge in [-0.3, -0.25) is 0 Å². The van der Waals surface area contributed by atoms with Crippen LogP contribution >= 0.6 is 23.2 Å². The van der Waals surface area contributed by atoms with E-state index >= 15 is 0 Å². The molecule has 0 spiro atoms. The first-order valence-electron chi connectivity index (χ1n) is 8.38. The number of hydrogen-bond acceptors (Lipinski definition) is 3. The van der Waals surface area contributed by atoms with Crippen molar-refractivity contribution < 1.29 is 9.53 Å². The summed E-state index contributed by atoms with van der Waals surface area (Å²) in [5.74, 6) is 0.580. The minimum atomic E-state index is -0.126. The predicted octanol–water partition coefficient (Wildman–Crippen LogP) is 4.66. The van der Waals surface area contributed by atoms with Gasteiger partial charge in [-0.25, -0.2) is 4.79 Å². The number of carbonyl (C=O) groups is 1. The van der Waals surface area contributed by atoms with Crippen molar-refractivity contribution in [3.05, 3.63) is 52.0 Å². The van der Waals surface area contributed by atoms with Gasteiger partial charge in [0.2, 0.25) is 0 Å². The summed E-state index contributed by atoms with van der Waals surface area (Å²) in [7, 11) is 1.56. The molecule has 5 nitrogen and oxygen atoms in total. The van der Waals surface area contributed by atoms with E-state index in [1.54, 1.807) is 30.2 Å². The monoisotopic (exact) mass is 393 g/mol. The van der Waals surface area contributed by atoms with Crippen molar-refractivity contribution in [3.8, 4) is 5.75 Å². The second kappa shape index (κ2) is 8.06. The summed E-state index contributed by atoms with van der Waals surface area (Å²) >= 11 is 12.1. The van der Waals surface area contributed by atoms with E-state index in [9.17, 15) is 4.79 Å². The largest absolute Gasteiger partial charge is 0.495 e. The molecular formula is C19H21Cl2N3O2. The number of urea groups is 1. The topological polar surface area (TPSA) is 44.8 Å². The zero-order chi connectivity index (χ0) is 18.7. The van der Waals surface area contributed by atoms with Gasteiger partial charge in [-0.1, -0.05) is 23.2 Å². The Morgan fingerprint density at radius 2 is 1.81 bits per heavy atom. The molecule has 1 N–H and O–H groups in total. The van der Waals surface area contributed by atoms with Crippen LogP contribution < -0.4 is 15.0 Å². The molecule has 7 heteroatoms. The highest BCUT2D eigenvalue weighted by Crippen LogP contribution is 2.28. The van der Waals surface area contributed by atoms with Crippen LogP contribution in [0.3, 0.4) is 0 Å². The molecule has 2 aromatic rings. The van der Waals surface area contributed by atoms with Crippen LogP contribution in [0.2, 0.25) is 10.0 Å². The van der Waals surface area contributed by atoms with Crippen molar-refractivity contribution >= 4 is 40.6 Å². The number of piperazine rings is 1. The van der Waals surface area contributed by atoms with E-state index in [2.05, 4.69) is 10.2 Å². The van der Waals surface area contributed by atoms with Gasteiger partial charge < -0.3 is 19.9 Å². The van der Waals surface area contributed by atoms with Crippen LogP contribution in [0.25, 0.3) is 0 Å². The van der Waals surface area contributed by atoms with Crippen molar-refractivity contribution in [1.29, 1.82) is 0 Å². The van der Waals surface area contributed by atoms with Crippen LogP contribution in [0, 0.1) is 6.92 Å². The maximum Gasteiger partial charge on any atom is 0.321 e. The van der Waals surface area contributed by atoms with Crippen LogP contribution in [0.1, 0.15) is 5.56 Å². The highest BCUT2D eigenvalue weighted by molar-refractivity contribution is 6.32. The summed E-state index contributed by atoms with van der Waals surface area (Å²) < 4.78 is 5.12. The first kappa shape index (κ1) is 18.7. The number of methoxy groups -OCH3 is 1. The van der Waals surface area contributed by atoms with Crippen molar-refractivity contribution in [1.82, 2.24) is 4.90 Å². The Morgan fingerprint density at radius 3 is 2.42 bits per heavy atom. The Labute approximate surface area is 163 Å². The third-order valence-electron chi connectivity index (χ3n) is 4.47. The van der Waals surface area contributed by atoms with Crippen LogP contribution in [0.15, 0.2) is 36.4 Å². The number of anilines is 2. The number of carbonyl (C=O) groups excluding carboxylic acids is 1. The predicted molar refractivity (Wildman–Crippen MR) is 107 cm³/mol. The number of halogens is 2. The minimum Gasteiger partial charge on any atom is -0.495 e. The van der Waals surface area contributed by atoms with Gasteiger partial charge in [0.1, 0.15) is 5.75 Å². The van der Waals surface area contributed by atoms with Crippen molar-refractivity contribution in [2.75, 3.05) is 43.5 Å². The number of rotatable bonds is 3. The number of amides is 2. The third-order valence-corrected chi connectivity index (χ3v) is 5.00. The van der Waals surface area contributed by atoms with E-state index in [1.807, 2.05) is 25.1 Å². The second-order valence-electron chi connectivity index (χ2n) is 6.18. The molecule has 1 aliphatic rings. The fraction of sp³-hybridized carbons (Fsp3) is 0.316. The Bertz CT molecular complexity index is 805. The average Bonchev–Trinajstić information content (AvgIpc) is 2.62. The standard InChI is InChI=1S/C19H21Cl2N3O2/c1-13-11-14(20)3-5-17(13)23-7-9-24(10-8-23)19(25)22-15-4-6-18(26-2)16(21)12-15/h3-6,11-12H,7-10H2,1-2H3,(H,22,25). The summed E-state index contributed by atoms with van der Waals surface area (Å²) in [4.78, 5) is 16.6. The summed E-state index contributed by atoms with van der Waals surface area (Å²) in [5, 5.41) is 4.09. The Kier molecular flexibility index (Phi) is 5.79. The lowest BCUT2D eigenvalue weighted by atomic mass is 10.1. The molecule has 138 valence electrons. The summed E-state index contributed by atoms with van der Waals surface area (Å²) in [5.41, 5.74) is 2.96. The summed E-state index contributed by atoms with van der Waals surface area (Å²) in [6, 6.07) is 11.0. The van der Waals surface area contributed by atoms with Crippen LogP contribution in [0.4, 0.5) is 16.2 Å². The zero-order valence-electron chi connectivity index (χ0n) is 14.8. The van der Waals surface area contributed by atoms with Gasteiger partial charge in [0.25, 0.3) is 0 Å². The number of hydrogen-bond donors (Lipinski definition) is 1. The highest BCUT2D eigenvalue weighted by atomic mass is 35.5. The molecule has 1 aliphatic heterocycles.